The summed E-state index contributed by atoms with van der Waals surface area (Å²) in [7, 11) is 0.653. The van der Waals surface area contributed by atoms with Crippen molar-refractivity contribution in [3.63, 3.8) is 0 Å². The van der Waals surface area contributed by atoms with Crippen LogP contribution in [-0.2, 0) is 4.65 Å². The molecule has 1 aliphatic rings. The summed E-state index contributed by atoms with van der Waals surface area (Å²) >= 11 is 0. The van der Waals surface area contributed by atoms with Crippen LogP contribution in [0.3, 0.4) is 0 Å². The molecule has 1 nitrogen and oxygen atoms in total. The molecule has 2 unspecified atom stereocenters. The first kappa shape index (κ1) is 15.6. The van der Waals surface area contributed by atoms with Crippen molar-refractivity contribution in [3.8, 4) is 11.6 Å². The maximum Gasteiger partial charge on any atom is 0.328 e. The van der Waals surface area contributed by atoms with Gasteiger partial charge < -0.3 is 4.65 Å². The van der Waals surface area contributed by atoms with Crippen molar-refractivity contribution >= 4 is 31.7 Å². The van der Waals surface area contributed by atoms with E-state index in [-0.39, 0.29) is 18.4 Å². The van der Waals surface area contributed by atoms with Crippen molar-refractivity contribution in [1.29, 1.82) is 0 Å². The molecule has 112 valence electrons. The molecule has 0 saturated carbocycles. The molecule has 1 heterocycles. The highest BCUT2D eigenvalue weighted by Gasteiger charge is 2.42. The molecular weight excluding hydrogens is 286 g/mol. The molecule has 0 aliphatic carbocycles. The molecule has 0 N–H and O–H groups in total. The Balaban J connectivity index is 2.14. The summed E-state index contributed by atoms with van der Waals surface area (Å²) in [6.45, 7) is 9.05. The lowest BCUT2D eigenvalue weighted by Crippen LogP contribution is -2.31. The van der Waals surface area contributed by atoms with E-state index >= 15 is 0 Å². The van der Waals surface area contributed by atoms with Crippen molar-refractivity contribution in [2.75, 3.05) is 6.66 Å². The highest BCUT2D eigenvalue weighted by Crippen LogP contribution is 2.37. The topological polar surface area (TPSA) is 9.23 Å². The molecule has 0 spiro atoms. The van der Waals surface area contributed by atoms with E-state index in [1.165, 1.54) is 16.2 Å². The third-order valence-corrected chi connectivity index (χ3v) is 5.16. The molecule has 3 rings (SSSR count). The van der Waals surface area contributed by atoms with Gasteiger partial charge in [0.1, 0.15) is 0 Å². The summed E-state index contributed by atoms with van der Waals surface area (Å²) in [5.74, 6) is 3.34. The average Bonchev–Trinajstić information content (AvgIpc) is 2.78. The van der Waals surface area contributed by atoms with Crippen LogP contribution in [0.1, 0.15) is 26.3 Å². The molecule has 0 aromatic heterocycles. The van der Waals surface area contributed by atoms with Gasteiger partial charge in [-0.1, -0.05) is 55.8 Å². The smallest absolute Gasteiger partial charge is 0.328 e. The zero-order valence-corrected chi connectivity index (χ0v) is 14.7. The highest BCUT2D eigenvalue weighted by molar-refractivity contribution is 7.43. The van der Waals surface area contributed by atoms with E-state index in [1.54, 1.807) is 0 Å². The van der Waals surface area contributed by atoms with Gasteiger partial charge in [0, 0.05) is 11.7 Å². The fraction of sp³-hybridized carbons (Fsp3) is 0.368. The quantitative estimate of drug-likeness (QED) is 0.438. The maximum atomic E-state index is 6.28. The summed E-state index contributed by atoms with van der Waals surface area (Å²) < 4.78 is 6.28. The van der Waals surface area contributed by atoms with Gasteiger partial charge in [-0.25, -0.2) is 0 Å². The largest absolute Gasteiger partial charge is 0.428 e. The maximum absolute atomic E-state index is 6.28. The average molecular weight is 308 g/mol. The molecule has 1 fully saturated rings. The second-order valence-corrected chi connectivity index (χ2v) is 7.46. The number of fused-ring (bicyclic) bond motifs is 1. The van der Waals surface area contributed by atoms with Crippen LogP contribution in [-0.4, -0.2) is 19.7 Å². The number of rotatable bonds is 1. The van der Waals surface area contributed by atoms with Crippen molar-refractivity contribution in [1.82, 2.24) is 0 Å². The van der Waals surface area contributed by atoms with Gasteiger partial charge in [0.05, 0.1) is 0 Å². The molecular formula is C19H22BOP. The van der Waals surface area contributed by atoms with Crippen LogP contribution < -0.4 is 5.46 Å². The van der Waals surface area contributed by atoms with Crippen LogP contribution >= 0.6 is 8.58 Å². The predicted molar refractivity (Wildman–Crippen MR) is 99.6 cm³/mol. The van der Waals surface area contributed by atoms with Crippen LogP contribution in [0.25, 0.3) is 10.8 Å². The van der Waals surface area contributed by atoms with Crippen molar-refractivity contribution in [3.05, 3.63) is 42.0 Å². The molecule has 2 aromatic rings. The van der Waals surface area contributed by atoms with Gasteiger partial charge >= 0.3 is 6.92 Å². The first-order valence-corrected chi connectivity index (χ1v) is 9.38. The van der Waals surface area contributed by atoms with Crippen LogP contribution in [0.4, 0.5) is 0 Å². The van der Waals surface area contributed by atoms with E-state index in [0.717, 1.165) is 11.9 Å². The summed E-state index contributed by atoms with van der Waals surface area (Å²) in [4.78, 5) is 0. The Labute approximate surface area is 135 Å². The molecule has 1 saturated heterocycles. The lowest BCUT2D eigenvalue weighted by atomic mass is 9.54. The number of hydrogen-bond acceptors (Lipinski definition) is 1. The first-order valence-electron chi connectivity index (χ1n) is 7.88. The Bertz CT molecular complexity index is 752. The zero-order chi connectivity index (χ0) is 15.7. The molecule has 2 atom stereocenters. The fourth-order valence-corrected chi connectivity index (χ4v) is 3.44. The minimum atomic E-state index is 0.167. The van der Waals surface area contributed by atoms with Crippen LogP contribution in [0.5, 0.6) is 0 Å². The molecule has 22 heavy (non-hydrogen) atoms. The van der Waals surface area contributed by atoms with E-state index in [0.29, 0.717) is 8.58 Å². The number of benzene rings is 2. The molecule has 0 radical (unpaired) electrons. The lowest BCUT2D eigenvalue weighted by Gasteiger charge is -2.21. The number of hydrogen-bond donors (Lipinski definition) is 0. The van der Waals surface area contributed by atoms with Crippen LogP contribution in [0.15, 0.2) is 36.4 Å². The summed E-state index contributed by atoms with van der Waals surface area (Å²) in [6.07, 6.45) is 1.34. The molecule has 1 aliphatic heterocycles. The first-order chi connectivity index (χ1) is 10.5. The van der Waals surface area contributed by atoms with Crippen LogP contribution in [0.2, 0.25) is 6.32 Å². The van der Waals surface area contributed by atoms with Gasteiger partial charge in [-0.15, -0.1) is 0 Å². The second kappa shape index (κ2) is 6.07. The Morgan fingerprint density at radius 2 is 1.95 bits per heavy atom. The van der Waals surface area contributed by atoms with Gasteiger partial charge in [-0.05, 0) is 56.2 Å². The molecule has 0 bridgehead atoms. The normalized spacial score (nSPS) is 20.5. The Morgan fingerprint density at radius 1 is 1.23 bits per heavy atom. The van der Waals surface area contributed by atoms with E-state index in [1.807, 2.05) is 0 Å². The fourth-order valence-electron chi connectivity index (χ4n) is 3.18. The zero-order valence-electron chi connectivity index (χ0n) is 13.7. The Hall–Kier alpha value is -1.29. The van der Waals surface area contributed by atoms with Crippen molar-refractivity contribution in [2.45, 2.75) is 33.2 Å². The SMILES string of the molecule is CPC#Cc1cccc2cccc(B3CC(C)(C)C(C)O3)c12. The Kier molecular flexibility index (Phi) is 4.31. The lowest BCUT2D eigenvalue weighted by molar-refractivity contribution is 0.150. The minimum Gasteiger partial charge on any atom is -0.428 e. The molecule has 2 aromatic carbocycles. The second-order valence-electron chi connectivity index (χ2n) is 6.71. The Morgan fingerprint density at radius 3 is 2.59 bits per heavy atom. The van der Waals surface area contributed by atoms with Crippen molar-refractivity contribution < 1.29 is 4.65 Å². The molecule has 3 heteroatoms. The van der Waals surface area contributed by atoms with Gasteiger partial charge in [0.25, 0.3) is 0 Å². The summed E-state index contributed by atoms with van der Waals surface area (Å²) in [5, 5.41) is 2.52. The van der Waals surface area contributed by atoms with E-state index in [4.69, 9.17) is 4.65 Å². The minimum absolute atomic E-state index is 0.167. The summed E-state index contributed by atoms with van der Waals surface area (Å²) in [6, 6.07) is 12.9. The van der Waals surface area contributed by atoms with Gasteiger partial charge in [-0.2, -0.15) is 0 Å². The molecule has 0 amide bonds. The van der Waals surface area contributed by atoms with Gasteiger partial charge in [0.15, 0.2) is 0 Å². The van der Waals surface area contributed by atoms with Crippen LogP contribution in [0, 0.1) is 17.0 Å². The van der Waals surface area contributed by atoms with E-state index in [2.05, 4.69) is 75.4 Å². The standard InChI is InChI=1S/C19H22BOP/c1-14-19(2,3)13-20(21-14)17-10-6-9-15-7-5-8-16(18(15)17)11-12-22-4/h5-10,14,22H,13H2,1-4H3. The van der Waals surface area contributed by atoms with E-state index < -0.39 is 0 Å². The summed E-state index contributed by atoms with van der Waals surface area (Å²) in [5.41, 5.74) is 5.88. The van der Waals surface area contributed by atoms with E-state index in [9.17, 15) is 0 Å². The van der Waals surface area contributed by atoms with Gasteiger partial charge in [-0.3, -0.25) is 0 Å². The third-order valence-electron chi connectivity index (χ3n) is 4.79. The van der Waals surface area contributed by atoms with Crippen molar-refractivity contribution in [2.24, 2.45) is 5.41 Å². The van der Waals surface area contributed by atoms with Gasteiger partial charge in [0.2, 0.25) is 0 Å². The highest BCUT2D eigenvalue weighted by atomic mass is 31.1. The third kappa shape index (κ3) is 2.81. The monoisotopic (exact) mass is 308 g/mol. The predicted octanol–water partition coefficient (Wildman–Crippen LogP) is 4.10.